The van der Waals surface area contributed by atoms with Crippen LogP contribution < -0.4 is 10.6 Å². The number of hydrogen-bond donors (Lipinski definition) is 3. The van der Waals surface area contributed by atoms with Gasteiger partial charge in [0.2, 0.25) is 0 Å². The molecule has 0 radical (unpaired) electrons. The van der Waals surface area contributed by atoms with Crippen molar-refractivity contribution in [3.05, 3.63) is 33.9 Å². The van der Waals surface area contributed by atoms with Crippen LogP contribution in [-0.2, 0) is 0 Å². The maximum atomic E-state index is 11.7. The van der Waals surface area contributed by atoms with Crippen molar-refractivity contribution in [2.24, 2.45) is 5.92 Å². The fourth-order valence-electron chi connectivity index (χ4n) is 1.59. The smallest absolute Gasteiger partial charge is 0.292 e. The monoisotopic (exact) mass is 281 g/mol. The van der Waals surface area contributed by atoms with E-state index < -0.39 is 4.92 Å². The highest BCUT2D eigenvalue weighted by molar-refractivity contribution is 5.95. The summed E-state index contributed by atoms with van der Waals surface area (Å²) in [5.41, 5.74) is 0.541. The Morgan fingerprint density at radius 1 is 1.50 bits per heavy atom. The fraction of sp³-hybridized carbons (Fsp3) is 0.462. The summed E-state index contributed by atoms with van der Waals surface area (Å²) in [6.45, 7) is 4.46. The van der Waals surface area contributed by atoms with Gasteiger partial charge in [-0.15, -0.1) is 0 Å². The lowest BCUT2D eigenvalue weighted by Crippen LogP contribution is -2.23. The fourth-order valence-corrected chi connectivity index (χ4v) is 1.59. The van der Waals surface area contributed by atoms with E-state index in [9.17, 15) is 14.9 Å². The molecule has 1 atom stereocenters. The Kier molecular flexibility index (Phi) is 5.92. The maximum Gasteiger partial charge on any atom is 0.292 e. The lowest BCUT2D eigenvalue weighted by molar-refractivity contribution is -0.384. The second-order valence-electron chi connectivity index (χ2n) is 4.52. The van der Waals surface area contributed by atoms with Crippen LogP contribution in [0.2, 0.25) is 0 Å². The molecule has 110 valence electrons. The number of rotatable bonds is 7. The minimum absolute atomic E-state index is 0.0171. The highest BCUT2D eigenvalue weighted by atomic mass is 16.6. The molecule has 0 aromatic heterocycles. The first-order valence-electron chi connectivity index (χ1n) is 6.41. The normalized spacial score (nSPS) is 11.8. The summed E-state index contributed by atoms with van der Waals surface area (Å²) < 4.78 is 0. The van der Waals surface area contributed by atoms with Crippen molar-refractivity contribution in [3.8, 4) is 0 Å². The molecule has 1 amide bonds. The molecule has 0 bridgehead atoms. The molecule has 0 aliphatic heterocycles. The van der Waals surface area contributed by atoms with Gasteiger partial charge in [-0.25, -0.2) is 0 Å². The van der Waals surface area contributed by atoms with Crippen molar-refractivity contribution >= 4 is 17.3 Å². The zero-order chi connectivity index (χ0) is 15.1. The number of anilines is 1. The quantitative estimate of drug-likeness (QED) is 0.517. The predicted molar refractivity (Wildman–Crippen MR) is 75.8 cm³/mol. The molecule has 0 saturated heterocycles. The summed E-state index contributed by atoms with van der Waals surface area (Å²) in [6.07, 6.45) is 0. The number of nitro groups is 1. The van der Waals surface area contributed by atoms with Crippen molar-refractivity contribution in [1.29, 1.82) is 0 Å². The molecule has 7 heteroatoms. The molecule has 0 spiro atoms. The molecule has 7 nitrogen and oxygen atoms in total. The second-order valence-corrected chi connectivity index (χ2v) is 4.52. The van der Waals surface area contributed by atoms with Crippen LogP contribution in [0.1, 0.15) is 24.2 Å². The van der Waals surface area contributed by atoms with E-state index in [0.717, 1.165) is 0 Å². The molecule has 1 rings (SSSR count). The number of aliphatic hydroxyl groups excluding tert-OH is 1. The third kappa shape index (κ3) is 4.20. The lowest BCUT2D eigenvalue weighted by atomic mass is 10.1. The Balaban J connectivity index is 2.99. The van der Waals surface area contributed by atoms with Crippen molar-refractivity contribution in [2.45, 2.75) is 13.8 Å². The van der Waals surface area contributed by atoms with Gasteiger partial charge in [0.1, 0.15) is 5.69 Å². The minimum atomic E-state index is -0.506. The zero-order valence-corrected chi connectivity index (χ0v) is 11.5. The molecule has 0 aliphatic carbocycles. The number of nitrogens with one attached hydrogen (secondary N) is 2. The Bertz CT molecular complexity index is 491. The van der Waals surface area contributed by atoms with E-state index in [4.69, 9.17) is 5.11 Å². The number of benzene rings is 1. The van der Waals surface area contributed by atoms with Gasteiger partial charge in [-0.1, -0.05) is 6.92 Å². The third-order valence-electron chi connectivity index (χ3n) is 2.75. The van der Waals surface area contributed by atoms with Crippen LogP contribution in [0, 0.1) is 16.0 Å². The van der Waals surface area contributed by atoms with E-state index in [1.54, 1.807) is 6.92 Å². The molecule has 0 heterocycles. The van der Waals surface area contributed by atoms with E-state index in [-0.39, 0.29) is 29.8 Å². The van der Waals surface area contributed by atoms with Crippen LogP contribution in [0.15, 0.2) is 18.2 Å². The molecule has 0 saturated carbocycles. The summed E-state index contributed by atoms with van der Waals surface area (Å²) in [5, 5.41) is 25.5. The van der Waals surface area contributed by atoms with Crippen molar-refractivity contribution in [2.75, 3.05) is 25.0 Å². The van der Waals surface area contributed by atoms with E-state index in [1.807, 2.05) is 6.92 Å². The summed E-state index contributed by atoms with van der Waals surface area (Å²) in [4.78, 5) is 22.2. The summed E-state index contributed by atoms with van der Waals surface area (Å²) in [5.74, 6) is -0.316. The average molecular weight is 281 g/mol. The average Bonchev–Trinajstić information content (AvgIpc) is 2.44. The molecular weight excluding hydrogens is 262 g/mol. The van der Waals surface area contributed by atoms with E-state index in [2.05, 4.69) is 10.6 Å². The van der Waals surface area contributed by atoms with Gasteiger partial charge in [0.05, 0.1) is 4.92 Å². The van der Waals surface area contributed by atoms with Crippen LogP contribution in [-0.4, -0.2) is 35.6 Å². The Labute approximate surface area is 117 Å². The van der Waals surface area contributed by atoms with E-state index in [0.29, 0.717) is 18.7 Å². The number of amides is 1. The number of carbonyl (C=O) groups is 1. The Morgan fingerprint density at radius 3 is 2.75 bits per heavy atom. The SMILES string of the molecule is CCNC(=O)c1ccc([N+](=O)[O-])c(NCC(C)CO)c1. The minimum Gasteiger partial charge on any atom is -0.396 e. The Morgan fingerprint density at radius 2 is 2.20 bits per heavy atom. The van der Waals surface area contributed by atoms with Gasteiger partial charge in [0, 0.05) is 31.3 Å². The van der Waals surface area contributed by atoms with Crippen LogP contribution in [0.5, 0.6) is 0 Å². The number of nitrogens with zero attached hydrogens (tertiary/aromatic N) is 1. The number of nitro benzene ring substituents is 1. The topological polar surface area (TPSA) is 104 Å². The first-order valence-corrected chi connectivity index (χ1v) is 6.41. The van der Waals surface area contributed by atoms with Gasteiger partial charge in [0.25, 0.3) is 11.6 Å². The summed E-state index contributed by atoms with van der Waals surface area (Å²) in [6, 6.07) is 4.17. The first kappa shape index (κ1) is 15.9. The largest absolute Gasteiger partial charge is 0.396 e. The number of carbonyl (C=O) groups excluding carboxylic acids is 1. The van der Waals surface area contributed by atoms with E-state index in [1.165, 1.54) is 18.2 Å². The lowest BCUT2D eigenvalue weighted by Gasteiger charge is -2.12. The highest BCUT2D eigenvalue weighted by Crippen LogP contribution is 2.25. The molecule has 0 fully saturated rings. The number of aliphatic hydroxyl groups is 1. The summed E-state index contributed by atoms with van der Waals surface area (Å²) >= 11 is 0. The zero-order valence-electron chi connectivity index (χ0n) is 11.5. The van der Waals surface area contributed by atoms with Crippen LogP contribution >= 0.6 is 0 Å². The standard InChI is InChI=1S/C13H19N3O4/c1-3-14-13(18)10-4-5-12(16(19)20)11(6-10)15-7-9(2)8-17/h4-6,9,15,17H,3,7-8H2,1-2H3,(H,14,18). The summed E-state index contributed by atoms with van der Waals surface area (Å²) in [7, 11) is 0. The third-order valence-corrected chi connectivity index (χ3v) is 2.75. The van der Waals surface area contributed by atoms with Gasteiger partial charge >= 0.3 is 0 Å². The van der Waals surface area contributed by atoms with Crippen molar-refractivity contribution < 1.29 is 14.8 Å². The molecule has 1 aromatic carbocycles. The molecule has 1 unspecified atom stereocenters. The van der Waals surface area contributed by atoms with Crippen LogP contribution in [0.3, 0.4) is 0 Å². The molecular formula is C13H19N3O4. The van der Waals surface area contributed by atoms with Gasteiger partial charge in [-0.05, 0) is 25.0 Å². The molecule has 3 N–H and O–H groups in total. The van der Waals surface area contributed by atoms with Crippen LogP contribution in [0.25, 0.3) is 0 Å². The highest BCUT2D eigenvalue weighted by Gasteiger charge is 2.17. The molecule has 0 aliphatic rings. The van der Waals surface area contributed by atoms with Gasteiger partial charge in [-0.2, -0.15) is 0 Å². The van der Waals surface area contributed by atoms with Crippen molar-refractivity contribution in [1.82, 2.24) is 5.32 Å². The van der Waals surface area contributed by atoms with Crippen LogP contribution in [0.4, 0.5) is 11.4 Å². The molecule has 1 aromatic rings. The Hall–Kier alpha value is -2.15. The second kappa shape index (κ2) is 7.44. The molecule has 20 heavy (non-hydrogen) atoms. The maximum absolute atomic E-state index is 11.7. The number of hydrogen-bond acceptors (Lipinski definition) is 5. The van der Waals surface area contributed by atoms with Gasteiger partial charge < -0.3 is 15.7 Å². The van der Waals surface area contributed by atoms with Gasteiger partial charge in [-0.3, -0.25) is 14.9 Å². The van der Waals surface area contributed by atoms with Gasteiger partial charge in [0.15, 0.2) is 0 Å². The first-order chi connectivity index (χ1) is 9.49. The predicted octanol–water partition coefficient (Wildman–Crippen LogP) is 1.38. The van der Waals surface area contributed by atoms with Crippen molar-refractivity contribution in [3.63, 3.8) is 0 Å². The van der Waals surface area contributed by atoms with E-state index >= 15 is 0 Å².